The minimum Gasteiger partial charge on any atom is -0.478 e. The molecule has 0 aliphatic heterocycles. The second kappa shape index (κ2) is 11.0. The van der Waals surface area contributed by atoms with Crippen LogP contribution in [0.2, 0.25) is 5.02 Å². The summed E-state index contributed by atoms with van der Waals surface area (Å²) >= 11 is 5.92. The number of carboxylic acids is 1. The van der Waals surface area contributed by atoms with Crippen molar-refractivity contribution in [3.8, 4) is 0 Å². The van der Waals surface area contributed by atoms with Gasteiger partial charge in [0, 0.05) is 23.3 Å². The summed E-state index contributed by atoms with van der Waals surface area (Å²) in [6, 6.07) is 16.2. The van der Waals surface area contributed by atoms with Gasteiger partial charge in [-0.25, -0.2) is 13.2 Å². The Labute approximate surface area is 231 Å². The predicted octanol–water partition coefficient (Wildman–Crippen LogP) is 6.25. The maximum absolute atomic E-state index is 13.0. The molecule has 8 nitrogen and oxygen atoms in total. The van der Waals surface area contributed by atoms with Crippen LogP contribution in [-0.4, -0.2) is 37.3 Å². The van der Waals surface area contributed by atoms with E-state index in [0.29, 0.717) is 22.8 Å². The van der Waals surface area contributed by atoms with Gasteiger partial charge in [-0.15, -0.1) is 0 Å². The first kappa shape index (κ1) is 28.6. The molecule has 0 amide bonds. The van der Waals surface area contributed by atoms with E-state index in [-0.39, 0.29) is 16.9 Å². The van der Waals surface area contributed by atoms with Gasteiger partial charge in [0.15, 0.2) is 0 Å². The van der Waals surface area contributed by atoms with Crippen LogP contribution in [0.4, 0.5) is 30.2 Å². The molecular formula is C27H19ClF3N3O5S. The highest BCUT2D eigenvalue weighted by Gasteiger charge is 2.31. The molecule has 206 valence electrons. The summed E-state index contributed by atoms with van der Waals surface area (Å²) in [6.45, 7) is 0. The topological polar surface area (TPSA) is 117 Å². The van der Waals surface area contributed by atoms with Crippen LogP contribution in [0.1, 0.15) is 32.0 Å². The number of halogens is 4. The van der Waals surface area contributed by atoms with Crippen LogP contribution in [0, 0.1) is 0 Å². The van der Waals surface area contributed by atoms with Gasteiger partial charge in [-0.3, -0.25) is 14.5 Å². The maximum atomic E-state index is 13.0. The second-order valence-electron chi connectivity index (χ2n) is 8.46. The van der Waals surface area contributed by atoms with Crippen molar-refractivity contribution in [2.45, 2.75) is 11.1 Å². The fourth-order valence-electron chi connectivity index (χ4n) is 3.66. The molecule has 0 atom stereocenters. The van der Waals surface area contributed by atoms with Gasteiger partial charge in [0.1, 0.15) is 5.69 Å². The molecule has 0 bridgehead atoms. The van der Waals surface area contributed by atoms with Crippen molar-refractivity contribution in [3.05, 3.63) is 112 Å². The molecule has 0 saturated carbocycles. The number of carbonyl (C=O) groups is 2. The monoisotopic (exact) mass is 589 g/mol. The highest BCUT2D eigenvalue weighted by Crippen LogP contribution is 2.31. The van der Waals surface area contributed by atoms with Gasteiger partial charge in [0.05, 0.1) is 33.6 Å². The molecule has 4 rings (SSSR count). The maximum Gasteiger partial charge on any atom is 0.416 e. The van der Waals surface area contributed by atoms with Crippen molar-refractivity contribution >= 4 is 50.4 Å². The SMILES string of the molecule is CN(c1ccc(Cl)cc1)c1ccc(C(=O)c2ccc(NS(=O)(=O)c3ccc(C(F)(F)F)cc3)c(C(=O)O)c2)nc1. The van der Waals surface area contributed by atoms with Crippen LogP contribution in [0.15, 0.2) is 90.0 Å². The van der Waals surface area contributed by atoms with E-state index in [1.165, 1.54) is 18.3 Å². The van der Waals surface area contributed by atoms with Gasteiger partial charge < -0.3 is 10.0 Å². The van der Waals surface area contributed by atoms with Crippen LogP contribution >= 0.6 is 11.6 Å². The summed E-state index contributed by atoms with van der Waals surface area (Å²) < 4.78 is 65.9. The van der Waals surface area contributed by atoms with Crippen LogP contribution in [-0.2, 0) is 16.2 Å². The van der Waals surface area contributed by atoms with E-state index in [2.05, 4.69) is 9.71 Å². The largest absolute Gasteiger partial charge is 0.478 e. The van der Waals surface area contributed by atoms with Crippen LogP contribution in [0.5, 0.6) is 0 Å². The quantitative estimate of drug-likeness (QED) is 0.233. The number of alkyl halides is 3. The van der Waals surface area contributed by atoms with Gasteiger partial charge in [0.25, 0.3) is 10.0 Å². The Morgan fingerprint density at radius 1 is 0.925 bits per heavy atom. The number of aromatic nitrogens is 1. The number of nitrogens with one attached hydrogen (secondary N) is 1. The van der Waals surface area contributed by atoms with Gasteiger partial charge in [-0.05, 0) is 78.9 Å². The smallest absolute Gasteiger partial charge is 0.416 e. The lowest BCUT2D eigenvalue weighted by Crippen LogP contribution is -2.17. The molecule has 3 aromatic carbocycles. The van der Waals surface area contributed by atoms with E-state index in [9.17, 15) is 36.3 Å². The number of aromatic carboxylic acids is 1. The van der Waals surface area contributed by atoms with Crippen molar-refractivity contribution in [3.63, 3.8) is 0 Å². The van der Waals surface area contributed by atoms with Gasteiger partial charge in [0.2, 0.25) is 5.78 Å². The van der Waals surface area contributed by atoms with Crippen LogP contribution < -0.4 is 9.62 Å². The highest BCUT2D eigenvalue weighted by molar-refractivity contribution is 7.92. The minimum absolute atomic E-state index is 0.0164. The molecule has 0 fully saturated rings. The lowest BCUT2D eigenvalue weighted by atomic mass is 10.0. The number of benzene rings is 3. The molecular weight excluding hydrogens is 571 g/mol. The molecule has 0 spiro atoms. The van der Waals surface area contributed by atoms with E-state index < -0.39 is 44.0 Å². The first-order valence-electron chi connectivity index (χ1n) is 11.3. The van der Waals surface area contributed by atoms with Crippen LogP contribution in [0.3, 0.4) is 0 Å². The molecule has 40 heavy (non-hydrogen) atoms. The molecule has 13 heteroatoms. The van der Waals surface area contributed by atoms with Gasteiger partial charge in [-0.2, -0.15) is 13.2 Å². The number of anilines is 3. The zero-order valence-corrected chi connectivity index (χ0v) is 22.1. The minimum atomic E-state index is -4.66. The summed E-state index contributed by atoms with van der Waals surface area (Å²) in [4.78, 5) is 30.4. The van der Waals surface area contributed by atoms with Crippen molar-refractivity contribution in [1.82, 2.24) is 4.98 Å². The Kier molecular flexibility index (Phi) is 7.85. The molecule has 1 aromatic heterocycles. The molecule has 1 heterocycles. The van der Waals surface area contributed by atoms with E-state index in [1.54, 1.807) is 25.2 Å². The normalized spacial score (nSPS) is 11.6. The first-order chi connectivity index (χ1) is 18.8. The third-order valence-corrected chi connectivity index (χ3v) is 7.46. The Balaban J connectivity index is 1.56. The fourth-order valence-corrected chi connectivity index (χ4v) is 4.86. The molecule has 4 aromatic rings. The second-order valence-corrected chi connectivity index (χ2v) is 10.6. The van der Waals surface area contributed by atoms with E-state index in [0.717, 1.165) is 30.0 Å². The number of carbonyl (C=O) groups excluding carboxylic acids is 1. The van der Waals surface area contributed by atoms with Gasteiger partial charge in [-0.1, -0.05) is 11.6 Å². The molecule has 0 radical (unpaired) electrons. The summed E-state index contributed by atoms with van der Waals surface area (Å²) in [5, 5.41) is 10.2. The first-order valence-corrected chi connectivity index (χ1v) is 13.2. The molecule has 0 unspecified atom stereocenters. The molecule has 2 N–H and O–H groups in total. The third kappa shape index (κ3) is 6.24. The number of hydrogen-bond acceptors (Lipinski definition) is 6. The number of sulfonamides is 1. The zero-order valence-electron chi connectivity index (χ0n) is 20.5. The average molecular weight is 590 g/mol. The van der Waals surface area contributed by atoms with E-state index in [1.807, 2.05) is 17.0 Å². The Morgan fingerprint density at radius 2 is 1.55 bits per heavy atom. The van der Waals surface area contributed by atoms with Crippen LogP contribution in [0.25, 0.3) is 0 Å². The van der Waals surface area contributed by atoms with Crippen molar-refractivity contribution in [2.24, 2.45) is 0 Å². The van der Waals surface area contributed by atoms with E-state index >= 15 is 0 Å². The highest BCUT2D eigenvalue weighted by atomic mass is 35.5. The third-order valence-electron chi connectivity index (χ3n) is 5.83. The summed E-state index contributed by atoms with van der Waals surface area (Å²) in [7, 11) is -2.65. The predicted molar refractivity (Wildman–Crippen MR) is 143 cm³/mol. The van der Waals surface area contributed by atoms with Gasteiger partial charge >= 0.3 is 12.1 Å². The fraction of sp³-hybridized carbons (Fsp3) is 0.0741. The summed E-state index contributed by atoms with van der Waals surface area (Å²) in [5.41, 5.74) is -0.524. The lowest BCUT2D eigenvalue weighted by molar-refractivity contribution is -0.137. The lowest BCUT2D eigenvalue weighted by Gasteiger charge is -2.19. The molecule has 0 aliphatic rings. The standard InChI is InChI=1S/C27H19ClF3N3O5S/c1-34(19-7-5-18(28)6-8-19)20-9-13-24(32-15-20)25(35)16-2-12-23(22(14-16)26(36)37)33-40(38,39)21-10-3-17(4-11-21)27(29,30)31/h2-15,33H,1H3,(H,36,37). The Morgan fingerprint density at radius 3 is 2.10 bits per heavy atom. The number of nitrogens with zero attached hydrogens (tertiary/aromatic N) is 2. The van der Waals surface area contributed by atoms with E-state index in [4.69, 9.17) is 11.6 Å². The average Bonchev–Trinajstić information content (AvgIpc) is 2.92. The zero-order chi connectivity index (χ0) is 29.2. The van der Waals surface area contributed by atoms with Crippen molar-refractivity contribution in [1.29, 1.82) is 0 Å². The number of pyridine rings is 1. The van der Waals surface area contributed by atoms with Crippen molar-refractivity contribution in [2.75, 3.05) is 16.7 Å². The number of hydrogen-bond donors (Lipinski definition) is 2. The molecule has 0 aliphatic carbocycles. The number of ketones is 1. The van der Waals surface area contributed by atoms with Crippen molar-refractivity contribution < 1.29 is 36.3 Å². The summed E-state index contributed by atoms with van der Waals surface area (Å²) in [5.74, 6) is -2.15. The Hall–Kier alpha value is -4.42. The Bertz CT molecular complexity index is 1680. The molecule has 0 saturated heterocycles. The number of rotatable bonds is 8. The number of carboxylic acid groups (broad SMARTS) is 1. The summed E-state index contributed by atoms with van der Waals surface area (Å²) in [6.07, 6.45) is -3.19.